The average Bonchev–Trinajstić information content (AvgIpc) is 1.99. The highest BCUT2D eigenvalue weighted by atomic mass is 16.2. The molecular weight excluding hydrogens is 186 g/mol. The van der Waals surface area contributed by atoms with Gasteiger partial charge in [-0.3, -0.25) is 4.79 Å². The first-order chi connectivity index (χ1) is 7.00. The molecule has 0 aliphatic carbocycles. The van der Waals surface area contributed by atoms with E-state index in [1.807, 2.05) is 11.0 Å². The largest absolute Gasteiger partial charge is 0.338 e. The minimum atomic E-state index is 0.188. The molecule has 0 N–H and O–H groups in total. The van der Waals surface area contributed by atoms with Gasteiger partial charge >= 0.3 is 0 Å². The van der Waals surface area contributed by atoms with E-state index in [9.17, 15) is 4.79 Å². The van der Waals surface area contributed by atoms with E-state index in [1.165, 1.54) is 0 Å². The van der Waals surface area contributed by atoms with Crippen LogP contribution < -0.4 is 0 Å². The molecule has 1 heterocycles. The van der Waals surface area contributed by atoms with Gasteiger partial charge in [-0.15, -0.1) is 0 Å². The van der Waals surface area contributed by atoms with Crippen molar-refractivity contribution >= 4 is 5.91 Å². The zero-order valence-corrected chi connectivity index (χ0v) is 10.4. The lowest BCUT2D eigenvalue weighted by molar-refractivity contribution is -0.133. The number of carbonyl (C=O) groups excluding carboxylic acids is 1. The van der Waals surface area contributed by atoms with Crippen LogP contribution in [0.25, 0.3) is 0 Å². The lowest BCUT2D eigenvalue weighted by Crippen LogP contribution is -2.51. The van der Waals surface area contributed by atoms with Crippen LogP contribution >= 0.6 is 0 Å². The van der Waals surface area contributed by atoms with Crippen LogP contribution in [0.3, 0.4) is 0 Å². The standard InChI is InChI=1S/C13H23NO/c1-10(2)6-5-7-13(15)14-8-12(9-14)11(3)4/h5,7,10-12H,6,8-9H2,1-4H3/b7-5+. The zero-order chi connectivity index (χ0) is 11.4. The number of nitrogens with zero attached hydrogens (tertiary/aromatic N) is 1. The summed E-state index contributed by atoms with van der Waals surface area (Å²) in [5, 5.41) is 0. The fraction of sp³-hybridized carbons (Fsp3) is 0.769. The summed E-state index contributed by atoms with van der Waals surface area (Å²) in [6.07, 6.45) is 4.72. The van der Waals surface area contributed by atoms with E-state index in [4.69, 9.17) is 0 Å². The Hall–Kier alpha value is -0.790. The second-order valence-electron chi connectivity index (χ2n) is 5.28. The van der Waals surface area contributed by atoms with Crippen molar-refractivity contribution in [2.75, 3.05) is 13.1 Å². The van der Waals surface area contributed by atoms with Crippen LogP contribution in [0.15, 0.2) is 12.2 Å². The highest BCUT2D eigenvalue weighted by molar-refractivity contribution is 5.88. The van der Waals surface area contributed by atoms with E-state index >= 15 is 0 Å². The number of hydrogen-bond acceptors (Lipinski definition) is 1. The third-order valence-corrected chi connectivity index (χ3v) is 3.03. The molecule has 15 heavy (non-hydrogen) atoms. The second kappa shape index (κ2) is 5.34. The van der Waals surface area contributed by atoms with Gasteiger partial charge in [0.2, 0.25) is 5.91 Å². The van der Waals surface area contributed by atoms with Gasteiger partial charge in [0, 0.05) is 13.1 Å². The van der Waals surface area contributed by atoms with Crippen molar-refractivity contribution in [3.63, 3.8) is 0 Å². The van der Waals surface area contributed by atoms with Crippen LogP contribution in [0.1, 0.15) is 34.1 Å². The van der Waals surface area contributed by atoms with Crippen molar-refractivity contribution in [3.8, 4) is 0 Å². The van der Waals surface area contributed by atoms with Crippen molar-refractivity contribution in [1.82, 2.24) is 4.90 Å². The zero-order valence-electron chi connectivity index (χ0n) is 10.4. The minimum Gasteiger partial charge on any atom is -0.338 e. The Bertz CT molecular complexity index is 237. The van der Waals surface area contributed by atoms with E-state index < -0.39 is 0 Å². The monoisotopic (exact) mass is 209 g/mol. The van der Waals surface area contributed by atoms with Crippen LogP contribution in [0, 0.1) is 17.8 Å². The number of likely N-dealkylation sites (tertiary alicyclic amines) is 1. The molecule has 1 saturated heterocycles. The van der Waals surface area contributed by atoms with Crippen molar-refractivity contribution in [1.29, 1.82) is 0 Å². The molecule has 1 amide bonds. The Balaban J connectivity index is 2.23. The molecule has 2 nitrogen and oxygen atoms in total. The molecule has 0 radical (unpaired) electrons. The molecular formula is C13H23NO. The van der Waals surface area contributed by atoms with Gasteiger partial charge in [0.1, 0.15) is 0 Å². The summed E-state index contributed by atoms with van der Waals surface area (Å²) in [6, 6.07) is 0. The fourth-order valence-corrected chi connectivity index (χ4v) is 1.66. The van der Waals surface area contributed by atoms with Gasteiger partial charge in [0.15, 0.2) is 0 Å². The number of carbonyl (C=O) groups is 1. The molecule has 0 spiro atoms. The van der Waals surface area contributed by atoms with E-state index in [0.29, 0.717) is 17.8 Å². The average molecular weight is 209 g/mol. The maximum Gasteiger partial charge on any atom is 0.246 e. The summed E-state index contributed by atoms with van der Waals surface area (Å²) in [7, 11) is 0. The van der Waals surface area contributed by atoms with Crippen LogP contribution in [-0.4, -0.2) is 23.9 Å². The van der Waals surface area contributed by atoms with Crippen molar-refractivity contribution in [2.45, 2.75) is 34.1 Å². The number of rotatable bonds is 4. The summed E-state index contributed by atoms with van der Waals surface area (Å²) in [5.74, 6) is 2.24. The van der Waals surface area contributed by atoms with Gasteiger partial charge in [-0.25, -0.2) is 0 Å². The van der Waals surface area contributed by atoms with Gasteiger partial charge in [0.05, 0.1) is 0 Å². The topological polar surface area (TPSA) is 20.3 Å². The quantitative estimate of drug-likeness (QED) is 0.652. The maximum absolute atomic E-state index is 11.6. The lowest BCUT2D eigenvalue weighted by atomic mass is 9.88. The van der Waals surface area contributed by atoms with Gasteiger partial charge in [-0.2, -0.15) is 0 Å². The number of allylic oxidation sites excluding steroid dienone is 1. The molecule has 1 fully saturated rings. The summed E-state index contributed by atoms with van der Waals surface area (Å²) < 4.78 is 0. The Labute approximate surface area is 93.3 Å². The molecule has 0 atom stereocenters. The molecule has 1 aliphatic rings. The van der Waals surface area contributed by atoms with E-state index in [2.05, 4.69) is 27.7 Å². The first-order valence-electron chi connectivity index (χ1n) is 5.96. The molecule has 0 aromatic heterocycles. The smallest absolute Gasteiger partial charge is 0.246 e. The number of amides is 1. The third-order valence-electron chi connectivity index (χ3n) is 3.03. The first kappa shape index (κ1) is 12.3. The summed E-state index contributed by atoms with van der Waals surface area (Å²) in [6.45, 7) is 10.7. The van der Waals surface area contributed by atoms with E-state index in [-0.39, 0.29) is 5.91 Å². The molecule has 1 rings (SSSR count). The molecule has 2 heteroatoms. The van der Waals surface area contributed by atoms with Crippen molar-refractivity contribution in [2.24, 2.45) is 17.8 Å². The Morgan fingerprint density at radius 2 is 1.93 bits per heavy atom. The third kappa shape index (κ3) is 3.69. The van der Waals surface area contributed by atoms with Crippen LogP contribution in [0.4, 0.5) is 0 Å². The molecule has 0 bridgehead atoms. The molecule has 0 saturated carbocycles. The maximum atomic E-state index is 11.6. The van der Waals surface area contributed by atoms with E-state index in [1.54, 1.807) is 6.08 Å². The molecule has 86 valence electrons. The van der Waals surface area contributed by atoms with Gasteiger partial charge < -0.3 is 4.90 Å². The lowest BCUT2D eigenvalue weighted by Gasteiger charge is -2.41. The van der Waals surface area contributed by atoms with Crippen molar-refractivity contribution < 1.29 is 4.79 Å². The minimum absolute atomic E-state index is 0.188. The van der Waals surface area contributed by atoms with Crippen LogP contribution in [0.5, 0.6) is 0 Å². The van der Waals surface area contributed by atoms with Crippen LogP contribution in [0.2, 0.25) is 0 Å². The van der Waals surface area contributed by atoms with Gasteiger partial charge in [-0.1, -0.05) is 33.8 Å². The van der Waals surface area contributed by atoms with E-state index in [0.717, 1.165) is 19.5 Å². The molecule has 0 aromatic carbocycles. The normalized spacial score (nSPS) is 17.9. The molecule has 1 aliphatic heterocycles. The number of hydrogen-bond donors (Lipinski definition) is 0. The Morgan fingerprint density at radius 1 is 1.33 bits per heavy atom. The van der Waals surface area contributed by atoms with Gasteiger partial charge in [0.25, 0.3) is 0 Å². The molecule has 0 unspecified atom stereocenters. The van der Waals surface area contributed by atoms with Crippen molar-refractivity contribution in [3.05, 3.63) is 12.2 Å². The Morgan fingerprint density at radius 3 is 2.40 bits per heavy atom. The highest BCUT2D eigenvalue weighted by Crippen LogP contribution is 2.23. The second-order valence-corrected chi connectivity index (χ2v) is 5.28. The Kier molecular flexibility index (Phi) is 4.37. The SMILES string of the molecule is CC(C)C/C=C/C(=O)N1CC(C(C)C)C1. The highest BCUT2D eigenvalue weighted by Gasteiger charge is 2.31. The van der Waals surface area contributed by atoms with Gasteiger partial charge in [-0.05, 0) is 30.3 Å². The predicted octanol–water partition coefficient (Wildman–Crippen LogP) is 2.70. The molecule has 0 aromatic rings. The summed E-state index contributed by atoms with van der Waals surface area (Å²) in [4.78, 5) is 13.5. The fourth-order valence-electron chi connectivity index (χ4n) is 1.66. The predicted molar refractivity (Wildman–Crippen MR) is 63.5 cm³/mol. The summed E-state index contributed by atoms with van der Waals surface area (Å²) in [5.41, 5.74) is 0. The van der Waals surface area contributed by atoms with Crippen LogP contribution in [-0.2, 0) is 4.79 Å². The first-order valence-corrected chi connectivity index (χ1v) is 5.96. The summed E-state index contributed by atoms with van der Waals surface area (Å²) >= 11 is 0.